The maximum atomic E-state index is 11.8. The number of ketones is 1. The van der Waals surface area contributed by atoms with E-state index in [2.05, 4.69) is 5.32 Å². The van der Waals surface area contributed by atoms with Crippen LogP contribution in [0.4, 0.5) is 0 Å². The van der Waals surface area contributed by atoms with Gasteiger partial charge in [-0.2, -0.15) is 0 Å². The molecule has 6 heteroatoms. The maximum Gasteiger partial charge on any atom is 0.251 e. The quantitative estimate of drug-likeness (QED) is 0.875. The Morgan fingerprint density at radius 3 is 2.42 bits per heavy atom. The summed E-state index contributed by atoms with van der Waals surface area (Å²) in [6.45, 7) is 3.44. The average Bonchev–Trinajstić information content (AvgIpc) is 2.34. The van der Waals surface area contributed by atoms with E-state index >= 15 is 0 Å². The fourth-order valence-electron chi connectivity index (χ4n) is 1.34. The van der Waals surface area contributed by atoms with Crippen LogP contribution < -0.4 is 5.32 Å². The van der Waals surface area contributed by atoms with E-state index < -0.39 is 15.7 Å². The van der Waals surface area contributed by atoms with Gasteiger partial charge in [-0.1, -0.05) is 19.9 Å². The first-order valence-corrected chi connectivity index (χ1v) is 7.72. The lowest BCUT2D eigenvalue weighted by molar-refractivity contribution is -0.120. The normalized spacial score (nSPS) is 11.4. The summed E-state index contributed by atoms with van der Waals surface area (Å²) in [7, 11) is -3.35. The number of carbonyl (C=O) groups is 2. The Morgan fingerprint density at radius 2 is 1.89 bits per heavy atom. The second kappa shape index (κ2) is 5.97. The first-order chi connectivity index (χ1) is 8.71. The molecule has 0 heterocycles. The average molecular weight is 283 g/mol. The second-order valence-corrected chi connectivity index (χ2v) is 6.62. The smallest absolute Gasteiger partial charge is 0.251 e. The molecule has 0 bridgehead atoms. The van der Waals surface area contributed by atoms with Crippen molar-refractivity contribution in [2.24, 2.45) is 5.92 Å². The Labute approximate surface area is 112 Å². The zero-order chi connectivity index (χ0) is 14.6. The van der Waals surface area contributed by atoms with Gasteiger partial charge in [-0.25, -0.2) is 8.42 Å². The molecule has 1 aromatic carbocycles. The second-order valence-electron chi connectivity index (χ2n) is 4.60. The molecular formula is C13H17NO4S. The van der Waals surface area contributed by atoms with Crippen molar-refractivity contribution in [1.82, 2.24) is 5.32 Å². The fourth-order valence-corrected chi connectivity index (χ4v) is 2.01. The van der Waals surface area contributed by atoms with E-state index in [9.17, 15) is 18.0 Å². The molecule has 0 saturated carbocycles. The van der Waals surface area contributed by atoms with E-state index in [1.807, 2.05) is 0 Å². The molecule has 0 aliphatic rings. The molecule has 1 rings (SSSR count). The maximum absolute atomic E-state index is 11.8. The van der Waals surface area contributed by atoms with Crippen molar-refractivity contribution in [1.29, 1.82) is 0 Å². The Balaban J connectivity index is 2.81. The minimum Gasteiger partial charge on any atom is -0.345 e. The van der Waals surface area contributed by atoms with Gasteiger partial charge in [-0.15, -0.1) is 0 Å². The largest absolute Gasteiger partial charge is 0.345 e. The molecule has 0 aromatic heterocycles. The zero-order valence-corrected chi connectivity index (χ0v) is 12.0. The van der Waals surface area contributed by atoms with Crippen LogP contribution in [0, 0.1) is 5.92 Å². The molecule has 19 heavy (non-hydrogen) atoms. The number of Topliss-reactive ketones (excluding diaryl/α,β-unsaturated/α-hetero) is 1. The molecule has 1 amide bonds. The van der Waals surface area contributed by atoms with Crippen molar-refractivity contribution in [2.75, 3.05) is 12.8 Å². The van der Waals surface area contributed by atoms with Gasteiger partial charge in [0.05, 0.1) is 11.4 Å². The van der Waals surface area contributed by atoms with Gasteiger partial charge in [-0.3, -0.25) is 9.59 Å². The first-order valence-electron chi connectivity index (χ1n) is 5.83. The minimum atomic E-state index is -3.35. The number of rotatable bonds is 5. The SMILES string of the molecule is CC(C)C(=O)CNC(=O)c1cccc(S(C)(=O)=O)c1. The predicted octanol–water partition coefficient (Wildman–Crippen LogP) is 1.05. The number of amides is 1. The summed E-state index contributed by atoms with van der Waals surface area (Å²) in [5.74, 6) is -0.685. The Hall–Kier alpha value is -1.69. The molecule has 1 aromatic rings. The van der Waals surface area contributed by atoms with Crippen LogP contribution in [0.1, 0.15) is 24.2 Å². The summed E-state index contributed by atoms with van der Waals surface area (Å²) < 4.78 is 22.8. The predicted molar refractivity (Wildman–Crippen MR) is 71.7 cm³/mol. The third kappa shape index (κ3) is 4.48. The van der Waals surface area contributed by atoms with Gasteiger partial charge in [-0.05, 0) is 18.2 Å². The Kier molecular flexibility index (Phi) is 4.83. The lowest BCUT2D eigenvalue weighted by Crippen LogP contribution is -2.31. The molecule has 0 aliphatic carbocycles. The van der Waals surface area contributed by atoms with Crippen LogP contribution in [0.25, 0.3) is 0 Å². The number of nitrogens with one attached hydrogen (secondary N) is 1. The highest BCUT2D eigenvalue weighted by atomic mass is 32.2. The van der Waals surface area contributed by atoms with Gasteiger partial charge < -0.3 is 5.32 Å². The van der Waals surface area contributed by atoms with Gasteiger partial charge in [0, 0.05) is 17.7 Å². The highest BCUT2D eigenvalue weighted by molar-refractivity contribution is 7.90. The van der Waals surface area contributed by atoms with Crippen molar-refractivity contribution >= 4 is 21.5 Å². The van der Waals surface area contributed by atoms with Gasteiger partial charge in [0.2, 0.25) is 0 Å². The molecule has 0 fully saturated rings. The summed E-state index contributed by atoms with van der Waals surface area (Å²) >= 11 is 0. The Morgan fingerprint density at radius 1 is 1.26 bits per heavy atom. The summed E-state index contributed by atoms with van der Waals surface area (Å²) in [4.78, 5) is 23.3. The number of benzene rings is 1. The molecule has 0 aliphatic heterocycles. The van der Waals surface area contributed by atoms with Crippen LogP contribution in [-0.2, 0) is 14.6 Å². The molecule has 0 spiro atoms. The highest BCUT2D eigenvalue weighted by Crippen LogP contribution is 2.11. The van der Waals surface area contributed by atoms with E-state index in [0.717, 1.165) is 6.26 Å². The van der Waals surface area contributed by atoms with Gasteiger partial charge >= 0.3 is 0 Å². The molecule has 5 nitrogen and oxygen atoms in total. The molecule has 0 unspecified atom stereocenters. The van der Waals surface area contributed by atoms with Crippen LogP contribution in [0.2, 0.25) is 0 Å². The fraction of sp³-hybridized carbons (Fsp3) is 0.385. The van der Waals surface area contributed by atoms with E-state index in [-0.39, 0.29) is 28.7 Å². The van der Waals surface area contributed by atoms with Gasteiger partial charge in [0.15, 0.2) is 15.6 Å². The van der Waals surface area contributed by atoms with Crippen molar-refractivity contribution in [3.05, 3.63) is 29.8 Å². The first kappa shape index (κ1) is 15.4. The van der Waals surface area contributed by atoms with Crippen molar-refractivity contribution in [2.45, 2.75) is 18.7 Å². The summed E-state index contributed by atoms with van der Waals surface area (Å²) in [5.41, 5.74) is 0.222. The molecule has 0 saturated heterocycles. The molecular weight excluding hydrogens is 266 g/mol. The summed E-state index contributed by atoms with van der Waals surface area (Å²) in [6, 6.07) is 5.72. The van der Waals surface area contributed by atoms with E-state index in [1.54, 1.807) is 13.8 Å². The van der Waals surface area contributed by atoms with E-state index in [1.165, 1.54) is 24.3 Å². The lowest BCUT2D eigenvalue weighted by Gasteiger charge is -2.07. The van der Waals surface area contributed by atoms with Gasteiger partial charge in [0.1, 0.15) is 0 Å². The summed E-state index contributed by atoms with van der Waals surface area (Å²) in [5, 5.41) is 2.48. The minimum absolute atomic E-state index is 0.0559. The standard InChI is InChI=1S/C13H17NO4S/c1-9(2)12(15)8-14-13(16)10-5-4-6-11(7-10)19(3,17)18/h4-7,9H,8H2,1-3H3,(H,14,16). The molecule has 0 radical (unpaired) electrons. The number of carbonyl (C=O) groups excluding carboxylic acids is 2. The van der Waals surface area contributed by atoms with Crippen molar-refractivity contribution in [3.8, 4) is 0 Å². The molecule has 0 atom stereocenters. The van der Waals surface area contributed by atoms with E-state index in [0.29, 0.717) is 0 Å². The third-order valence-corrected chi connectivity index (χ3v) is 3.70. The highest BCUT2D eigenvalue weighted by Gasteiger charge is 2.13. The molecule has 1 N–H and O–H groups in total. The number of sulfone groups is 1. The molecule has 104 valence electrons. The van der Waals surface area contributed by atoms with Crippen LogP contribution in [0.5, 0.6) is 0 Å². The zero-order valence-electron chi connectivity index (χ0n) is 11.1. The number of hydrogen-bond acceptors (Lipinski definition) is 4. The summed E-state index contributed by atoms with van der Waals surface area (Å²) in [6.07, 6.45) is 1.08. The van der Waals surface area contributed by atoms with Gasteiger partial charge in [0.25, 0.3) is 5.91 Å². The monoisotopic (exact) mass is 283 g/mol. The van der Waals surface area contributed by atoms with Crippen molar-refractivity contribution < 1.29 is 18.0 Å². The lowest BCUT2D eigenvalue weighted by atomic mass is 10.1. The number of hydrogen-bond donors (Lipinski definition) is 1. The van der Waals surface area contributed by atoms with Crippen LogP contribution in [0.3, 0.4) is 0 Å². The topological polar surface area (TPSA) is 80.3 Å². The Bertz CT molecular complexity index is 590. The van der Waals surface area contributed by atoms with Crippen molar-refractivity contribution in [3.63, 3.8) is 0 Å². The van der Waals surface area contributed by atoms with Crippen LogP contribution in [-0.4, -0.2) is 32.9 Å². The third-order valence-electron chi connectivity index (χ3n) is 2.59. The van der Waals surface area contributed by atoms with Crippen LogP contribution >= 0.6 is 0 Å². The van der Waals surface area contributed by atoms with E-state index in [4.69, 9.17) is 0 Å². The van der Waals surface area contributed by atoms with Crippen LogP contribution in [0.15, 0.2) is 29.2 Å².